The van der Waals surface area contributed by atoms with E-state index in [0.717, 1.165) is 4.57 Å². The number of nitrogens with zero attached hydrogens (tertiary/aromatic N) is 4. The number of aliphatic hydroxyl groups is 1. The summed E-state index contributed by atoms with van der Waals surface area (Å²) in [6.45, 7) is 0.649. The summed E-state index contributed by atoms with van der Waals surface area (Å²) in [5.74, 6) is 0. The van der Waals surface area contributed by atoms with E-state index in [-0.39, 0.29) is 6.54 Å². The van der Waals surface area contributed by atoms with Gasteiger partial charge < -0.3 is 15.0 Å². The molecular weight excluding hydrogens is 250 g/mol. The number of fused-ring (bicyclic) bond motifs is 1. The fourth-order valence-corrected chi connectivity index (χ4v) is 2.06. The van der Waals surface area contributed by atoms with E-state index < -0.39 is 17.4 Å². The van der Waals surface area contributed by atoms with Gasteiger partial charge >= 0.3 is 5.69 Å². The normalized spacial score (nSPS) is 13.1. The molecule has 0 fully saturated rings. The molecule has 1 atom stereocenters. The number of likely N-dealkylation sites (N-methyl/N-ethyl adjacent to an activating group) is 1. The third kappa shape index (κ3) is 2.20. The van der Waals surface area contributed by atoms with Crippen LogP contribution in [0.3, 0.4) is 0 Å². The number of hydrogen-bond acceptors (Lipinski definition) is 5. The molecule has 0 saturated heterocycles. The summed E-state index contributed by atoms with van der Waals surface area (Å²) in [6.07, 6.45) is 0.828. The zero-order valence-electron chi connectivity index (χ0n) is 11.1. The fraction of sp³-hybridized carbons (Fsp3) is 0.545. The lowest BCUT2D eigenvalue weighted by Crippen LogP contribution is -2.38. The molecule has 2 N–H and O–H groups in total. The SMILES string of the molecule is CNCC(O)Cn1cnc2c1c(=O)n(C)c(=O)n2C. The highest BCUT2D eigenvalue weighted by Gasteiger charge is 2.15. The molecule has 0 amide bonds. The van der Waals surface area contributed by atoms with Crippen LogP contribution in [0.2, 0.25) is 0 Å². The average molecular weight is 267 g/mol. The maximum atomic E-state index is 12.1. The van der Waals surface area contributed by atoms with Crippen molar-refractivity contribution in [2.24, 2.45) is 14.1 Å². The molecule has 0 aromatic carbocycles. The largest absolute Gasteiger partial charge is 0.390 e. The Kier molecular flexibility index (Phi) is 3.54. The van der Waals surface area contributed by atoms with Crippen LogP contribution in [0.1, 0.15) is 0 Å². The van der Waals surface area contributed by atoms with Gasteiger partial charge in [0.2, 0.25) is 0 Å². The predicted molar refractivity (Wildman–Crippen MR) is 70.1 cm³/mol. The summed E-state index contributed by atoms with van der Waals surface area (Å²) in [6, 6.07) is 0. The summed E-state index contributed by atoms with van der Waals surface area (Å²) in [5, 5.41) is 12.6. The van der Waals surface area contributed by atoms with E-state index in [2.05, 4.69) is 10.3 Å². The smallest absolute Gasteiger partial charge is 0.332 e. The van der Waals surface area contributed by atoms with Gasteiger partial charge in [-0.2, -0.15) is 0 Å². The quantitative estimate of drug-likeness (QED) is 0.669. The van der Waals surface area contributed by atoms with Crippen molar-refractivity contribution in [2.45, 2.75) is 12.6 Å². The third-order valence-corrected chi connectivity index (χ3v) is 3.06. The minimum absolute atomic E-state index is 0.241. The topological polar surface area (TPSA) is 94.1 Å². The molecule has 8 nitrogen and oxygen atoms in total. The maximum Gasteiger partial charge on any atom is 0.332 e. The van der Waals surface area contributed by atoms with Gasteiger partial charge in [-0.3, -0.25) is 13.9 Å². The Hall–Kier alpha value is -1.93. The molecule has 2 rings (SSSR count). The molecule has 2 aromatic heterocycles. The van der Waals surface area contributed by atoms with Crippen LogP contribution in [0.4, 0.5) is 0 Å². The van der Waals surface area contributed by atoms with Gasteiger partial charge in [0.1, 0.15) is 0 Å². The van der Waals surface area contributed by atoms with Crippen molar-refractivity contribution >= 4 is 11.2 Å². The standard InChI is InChI=1S/C11H17N5O3/c1-12-4-7(17)5-16-6-13-9-8(16)10(18)15(3)11(19)14(9)2/h6-7,12,17H,4-5H2,1-3H3. The van der Waals surface area contributed by atoms with Gasteiger partial charge in [-0.1, -0.05) is 0 Å². The second-order valence-electron chi connectivity index (χ2n) is 4.49. The molecule has 104 valence electrons. The second kappa shape index (κ2) is 4.98. The Labute approximate surface area is 108 Å². The maximum absolute atomic E-state index is 12.1. The highest BCUT2D eigenvalue weighted by atomic mass is 16.3. The first-order chi connectivity index (χ1) is 8.97. The molecule has 0 radical (unpaired) electrons. The molecule has 0 saturated carbocycles. The number of rotatable bonds is 4. The molecule has 0 aliphatic heterocycles. The molecule has 2 heterocycles. The van der Waals surface area contributed by atoms with Crippen molar-refractivity contribution in [2.75, 3.05) is 13.6 Å². The molecule has 8 heteroatoms. The first-order valence-electron chi connectivity index (χ1n) is 5.91. The molecule has 19 heavy (non-hydrogen) atoms. The van der Waals surface area contributed by atoms with Crippen LogP contribution in [-0.2, 0) is 20.6 Å². The third-order valence-electron chi connectivity index (χ3n) is 3.06. The number of aryl methyl sites for hydroxylation is 1. The molecular formula is C11H17N5O3. The number of hydrogen-bond donors (Lipinski definition) is 2. The average Bonchev–Trinajstić information content (AvgIpc) is 2.78. The van der Waals surface area contributed by atoms with E-state index in [9.17, 15) is 14.7 Å². The lowest BCUT2D eigenvalue weighted by Gasteiger charge is -2.11. The first kappa shape index (κ1) is 13.5. The van der Waals surface area contributed by atoms with Crippen molar-refractivity contribution in [3.63, 3.8) is 0 Å². The molecule has 0 bridgehead atoms. The van der Waals surface area contributed by atoms with E-state index in [1.54, 1.807) is 18.7 Å². The highest BCUT2D eigenvalue weighted by molar-refractivity contribution is 5.69. The van der Waals surface area contributed by atoms with Crippen LogP contribution in [0.5, 0.6) is 0 Å². The Morgan fingerprint density at radius 3 is 2.68 bits per heavy atom. The van der Waals surface area contributed by atoms with Crippen LogP contribution in [0, 0.1) is 0 Å². The fourth-order valence-electron chi connectivity index (χ4n) is 2.06. The number of imidazole rings is 1. The van der Waals surface area contributed by atoms with Crippen molar-refractivity contribution in [1.29, 1.82) is 0 Å². The van der Waals surface area contributed by atoms with Crippen molar-refractivity contribution in [3.8, 4) is 0 Å². The summed E-state index contributed by atoms with van der Waals surface area (Å²) in [5.41, 5.74) is -0.185. The minimum Gasteiger partial charge on any atom is -0.390 e. The molecule has 1 unspecified atom stereocenters. The van der Waals surface area contributed by atoms with Crippen LogP contribution in [0.15, 0.2) is 15.9 Å². The monoisotopic (exact) mass is 267 g/mol. The second-order valence-corrected chi connectivity index (χ2v) is 4.49. The predicted octanol–water partition coefficient (Wildman–Crippen LogP) is -1.99. The van der Waals surface area contributed by atoms with E-state index in [0.29, 0.717) is 17.7 Å². The summed E-state index contributed by atoms with van der Waals surface area (Å²) >= 11 is 0. The van der Waals surface area contributed by atoms with Gasteiger partial charge in [0.15, 0.2) is 11.2 Å². The Morgan fingerprint density at radius 2 is 2.05 bits per heavy atom. The lowest BCUT2D eigenvalue weighted by molar-refractivity contribution is 0.155. The van der Waals surface area contributed by atoms with E-state index in [4.69, 9.17) is 0 Å². The van der Waals surface area contributed by atoms with E-state index in [1.807, 2.05) is 0 Å². The van der Waals surface area contributed by atoms with Crippen LogP contribution >= 0.6 is 0 Å². The summed E-state index contributed by atoms with van der Waals surface area (Å²) in [7, 11) is 4.72. The molecule has 0 aliphatic carbocycles. The first-order valence-corrected chi connectivity index (χ1v) is 5.91. The Balaban J connectivity index is 2.60. The zero-order valence-corrected chi connectivity index (χ0v) is 11.1. The van der Waals surface area contributed by atoms with Gasteiger partial charge in [0, 0.05) is 20.6 Å². The minimum atomic E-state index is -0.635. The van der Waals surface area contributed by atoms with Crippen molar-refractivity contribution in [1.82, 2.24) is 24.0 Å². The van der Waals surface area contributed by atoms with Crippen molar-refractivity contribution in [3.05, 3.63) is 27.2 Å². The Bertz CT molecular complexity index is 711. The van der Waals surface area contributed by atoms with Gasteiger partial charge in [0.05, 0.1) is 19.0 Å². The van der Waals surface area contributed by atoms with Gasteiger partial charge in [0.25, 0.3) is 5.56 Å². The van der Waals surface area contributed by atoms with Gasteiger partial charge in [-0.15, -0.1) is 0 Å². The number of aromatic nitrogens is 4. The molecule has 0 aliphatic rings. The van der Waals surface area contributed by atoms with Crippen LogP contribution in [-0.4, -0.2) is 43.5 Å². The number of nitrogens with one attached hydrogen (secondary N) is 1. The van der Waals surface area contributed by atoms with E-state index >= 15 is 0 Å². The van der Waals surface area contributed by atoms with Gasteiger partial charge in [-0.25, -0.2) is 9.78 Å². The summed E-state index contributed by atoms with van der Waals surface area (Å²) < 4.78 is 3.92. The van der Waals surface area contributed by atoms with Crippen LogP contribution in [0.25, 0.3) is 11.2 Å². The number of aliphatic hydroxyl groups excluding tert-OH is 1. The van der Waals surface area contributed by atoms with Crippen LogP contribution < -0.4 is 16.6 Å². The summed E-state index contributed by atoms with van der Waals surface area (Å²) in [4.78, 5) is 27.9. The molecule has 0 spiro atoms. The lowest BCUT2D eigenvalue weighted by atomic mass is 10.3. The van der Waals surface area contributed by atoms with Crippen molar-refractivity contribution < 1.29 is 5.11 Å². The van der Waals surface area contributed by atoms with Gasteiger partial charge in [-0.05, 0) is 7.05 Å². The van der Waals surface area contributed by atoms with E-state index in [1.165, 1.54) is 17.9 Å². The zero-order chi connectivity index (χ0) is 14.2. The molecule has 2 aromatic rings. The highest BCUT2D eigenvalue weighted by Crippen LogP contribution is 2.06. The Morgan fingerprint density at radius 1 is 1.37 bits per heavy atom.